The van der Waals surface area contributed by atoms with Crippen LogP contribution in [0.2, 0.25) is 0 Å². The maximum atomic E-state index is 12.8. The summed E-state index contributed by atoms with van der Waals surface area (Å²) in [6.45, 7) is -0.467. The molecule has 0 unspecified atom stereocenters. The van der Waals surface area contributed by atoms with Crippen LogP contribution in [0.15, 0.2) is 23.1 Å². The fourth-order valence-corrected chi connectivity index (χ4v) is 2.10. The second-order valence-corrected chi connectivity index (χ2v) is 4.37. The van der Waals surface area contributed by atoms with Crippen molar-refractivity contribution in [3.63, 3.8) is 0 Å². The fraction of sp³-hybridized carbons (Fsp3) is 0.364. The Kier molecular flexibility index (Phi) is 5.03. The first kappa shape index (κ1) is 14.8. The third-order valence-corrected chi connectivity index (χ3v) is 3.15. The van der Waals surface area contributed by atoms with Gasteiger partial charge in [0.2, 0.25) is 0 Å². The molecule has 0 aliphatic rings. The van der Waals surface area contributed by atoms with Crippen LogP contribution < -0.4 is 0 Å². The number of thioether (sulfide) groups is 1. The molecule has 18 heavy (non-hydrogen) atoms. The fourth-order valence-electron chi connectivity index (χ4n) is 1.22. The zero-order valence-corrected chi connectivity index (χ0v) is 10.3. The number of carbonyl (C=O) groups excluding carboxylic acids is 1. The van der Waals surface area contributed by atoms with Gasteiger partial charge in [-0.05, 0) is 17.7 Å². The van der Waals surface area contributed by atoms with Crippen LogP contribution in [0.5, 0.6) is 0 Å². The average molecular weight is 280 g/mol. The molecular formula is C11H11F3O3S. The van der Waals surface area contributed by atoms with Crippen LogP contribution in [-0.4, -0.2) is 23.9 Å². The quantitative estimate of drug-likeness (QED) is 0.680. The van der Waals surface area contributed by atoms with Gasteiger partial charge in [-0.2, -0.15) is 13.2 Å². The molecule has 3 nitrogen and oxygen atoms in total. The van der Waals surface area contributed by atoms with Gasteiger partial charge in [-0.1, -0.05) is 6.07 Å². The summed E-state index contributed by atoms with van der Waals surface area (Å²) in [6.07, 6.45) is -4.52. The number of halogens is 3. The van der Waals surface area contributed by atoms with Crippen molar-refractivity contribution in [1.82, 2.24) is 0 Å². The van der Waals surface area contributed by atoms with Crippen LogP contribution in [0, 0.1) is 0 Å². The van der Waals surface area contributed by atoms with E-state index < -0.39 is 24.3 Å². The van der Waals surface area contributed by atoms with Crippen molar-refractivity contribution in [2.24, 2.45) is 0 Å². The maximum Gasteiger partial charge on any atom is 0.417 e. The molecule has 1 rings (SSSR count). The number of aliphatic hydroxyl groups is 1. The summed E-state index contributed by atoms with van der Waals surface area (Å²) in [5.41, 5.74) is -0.687. The van der Waals surface area contributed by atoms with Crippen molar-refractivity contribution in [1.29, 1.82) is 0 Å². The minimum atomic E-state index is -4.52. The molecule has 0 spiro atoms. The first-order valence-electron chi connectivity index (χ1n) is 4.89. The molecule has 0 fully saturated rings. The van der Waals surface area contributed by atoms with Crippen molar-refractivity contribution in [2.45, 2.75) is 17.7 Å². The van der Waals surface area contributed by atoms with Gasteiger partial charge >= 0.3 is 12.1 Å². The molecule has 0 aromatic heterocycles. The van der Waals surface area contributed by atoms with Crippen LogP contribution in [0.1, 0.15) is 11.1 Å². The highest BCUT2D eigenvalue weighted by Gasteiger charge is 2.33. The highest BCUT2D eigenvalue weighted by molar-refractivity contribution is 8.00. The van der Waals surface area contributed by atoms with Crippen molar-refractivity contribution in [2.75, 3.05) is 12.9 Å². The van der Waals surface area contributed by atoms with Gasteiger partial charge in [-0.15, -0.1) is 11.8 Å². The summed E-state index contributed by atoms with van der Waals surface area (Å²) in [7, 11) is 1.17. The van der Waals surface area contributed by atoms with Gasteiger partial charge in [0.1, 0.15) is 0 Å². The van der Waals surface area contributed by atoms with E-state index in [1.807, 2.05) is 0 Å². The Hall–Kier alpha value is -1.21. The Morgan fingerprint density at radius 3 is 2.61 bits per heavy atom. The van der Waals surface area contributed by atoms with Crippen LogP contribution in [0.4, 0.5) is 13.2 Å². The Balaban J connectivity index is 2.99. The minimum Gasteiger partial charge on any atom is -0.468 e. The predicted octanol–water partition coefficient (Wildman–Crippen LogP) is 2.46. The number of carbonyl (C=O) groups is 1. The summed E-state index contributed by atoms with van der Waals surface area (Å²) in [5.74, 6) is -0.794. The molecule has 0 amide bonds. The van der Waals surface area contributed by atoms with E-state index in [1.165, 1.54) is 19.2 Å². The zero-order valence-electron chi connectivity index (χ0n) is 9.45. The lowest BCUT2D eigenvalue weighted by Gasteiger charge is -2.13. The van der Waals surface area contributed by atoms with E-state index in [9.17, 15) is 18.0 Å². The zero-order chi connectivity index (χ0) is 13.8. The number of aliphatic hydroxyl groups excluding tert-OH is 1. The van der Waals surface area contributed by atoms with E-state index in [1.54, 1.807) is 0 Å². The van der Waals surface area contributed by atoms with Crippen molar-refractivity contribution < 1.29 is 27.8 Å². The summed E-state index contributed by atoms with van der Waals surface area (Å²) >= 11 is 0.750. The molecule has 1 aromatic rings. The third kappa shape index (κ3) is 3.92. The van der Waals surface area contributed by atoms with E-state index in [4.69, 9.17) is 5.11 Å². The Labute approximate surface area is 106 Å². The Bertz CT molecular complexity index is 432. The Morgan fingerprint density at radius 2 is 2.11 bits per heavy atom. The average Bonchev–Trinajstić information content (AvgIpc) is 2.34. The molecule has 1 N–H and O–H groups in total. The standard InChI is InChI=1S/C11H11F3O3S/c1-17-10(16)6-18-9-3-2-7(5-15)4-8(9)11(12,13)14/h2-4,15H,5-6H2,1H3. The van der Waals surface area contributed by atoms with Crippen LogP contribution in [0.3, 0.4) is 0 Å². The van der Waals surface area contributed by atoms with Crippen LogP contribution in [-0.2, 0) is 22.3 Å². The van der Waals surface area contributed by atoms with Crippen molar-refractivity contribution in [3.05, 3.63) is 29.3 Å². The topological polar surface area (TPSA) is 46.5 Å². The molecule has 0 aliphatic carbocycles. The van der Waals surface area contributed by atoms with E-state index >= 15 is 0 Å². The molecule has 0 saturated heterocycles. The lowest BCUT2D eigenvalue weighted by atomic mass is 10.1. The molecular weight excluding hydrogens is 269 g/mol. The number of hydrogen-bond acceptors (Lipinski definition) is 4. The number of hydrogen-bond donors (Lipinski definition) is 1. The second kappa shape index (κ2) is 6.10. The summed E-state index contributed by atoms with van der Waals surface area (Å²) < 4.78 is 42.6. The molecule has 0 heterocycles. The molecule has 1 aromatic carbocycles. The normalized spacial score (nSPS) is 11.4. The first-order chi connectivity index (χ1) is 8.38. The summed E-state index contributed by atoms with van der Waals surface area (Å²) in [5, 5.41) is 8.83. The Morgan fingerprint density at radius 1 is 1.44 bits per heavy atom. The number of methoxy groups -OCH3 is 1. The van der Waals surface area contributed by atoms with Crippen molar-refractivity contribution >= 4 is 17.7 Å². The molecule has 100 valence electrons. The van der Waals surface area contributed by atoms with Gasteiger partial charge in [0.25, 0.3) is 0 Å². The molecule has 0 saturated carbocycles. The monoisotopic (exact) mass is 280 g/mol. The van der Waals surface area contributed by atoms with Gasteiger partial charge in [-0.25, -0.2) is 0 Å². The maximum absolute atomic E-state index is 12.8. The van der Waals surface area contributed by atoms with E-state index in [0.29, 0.717) is 0 Å². The SMILES string of the molecule is COC(=O)CSc1ccc(CO)cc1C(F)(F)F. The summed E-state index contributed by atoms with van der Waals surface area (Å²) in [4.78, 5) is 10.8. The van der Waals surface area contributed by atoms with E-state index in [-0.39, 0.29) is 16.2 Å². The molecule has 0 bridgehead atoms. The van der Waals surface area contributed by atoms with Gasteiger partial charge in [-0.3, -0.25) is 4.79 Å². The minimum absolute atomic E-state index is 0.0647. The van der Waals surface area contributed by atoms with E-state index in [0.717, 1.165) is 17.8 Å². The van der Waals surface area contributed by atoms with Gasteiger partial charge in [0, 0.05) is 4.90 Å². The molecule has 7 heteroatoms. The smallest absolute Gasteiger partial charge is 0.417 e. The highest BCUT2D eigenvalue weighted by atomic mass is 32.2. The third-order valence-electron chi connectivity index (χ3n) is 2.11. The molecule has 0 aliphatic heterocycles. The second-order valence-electron chi connectivity index (χ2n) is 3.35. The van der Waals surface area contributed by atoms with Gasteiger partial charge in [0.05, 0.1) is 25.0 Å². The van der Waals surface area contributed by atoms with Crippen molar-refractivity contribution in [3.8, 4) is 0 Å². The lowest BCUT2D eigenvalue weighted by Crippen LogP contribution is -2.09. The first-order valence-corrected chi connectivity index (χ1v) is 5.87. The molecule has 0 radical (unpaired) electrons. The number of benzene rings is 1. The van der Waals surface area contributed by atoms with E-state index in [2.05, 4.69) is 4.74 Å². The summed E-state index contributed by atoms with van der Waals surface area (Å²) in [6, 6.07) is 3.50. The van der Waals surface area contributed by atoms with Gasteiger partial charge in [0.15, 0.2) is 0 Å². The van der Waals surface area contributed by atoms with Gasteiger partial charge < -0.3 is 9.84 Å². The van der Waals surface area contributed by atoms with Crippen LogP contribution in [0.25, 0.3) is 0 Å². The highest BCUT2D eigenvalue weighted by Crippen LogP contribution is 2.37. The predicted molar refractivity (Wildman–Crippen MR) is 60.1 cm³/mol. The number of esters is 1. The number of rotatable bonds is 4. The number of alkyl halides is 3. The number of ether oxygens (including phenoxy) is 1. The largest absolute Gasteiger partial charge is 0.468 e. The lowest BCUT2D eigenvalue weighted by molar-refractivity contribution is -0.140. The molecule has 0 atom stereocenters. The van der Waals surface area contributed by atoms with Crippen LogP contribution >= 0.6 is 11.8 Å².